The first-order valence-electron chi connectivity index (χ1n) is 8.93. The van der Waals surface area contributed by atoms with Crippen molar-refractivity contribution in [1.82, 2.24) is 9.80 Å². The Balaban J connectivity index is 1.92. The van der Waals surface area contributed by atoms with Crippen molar-refractivity contribution in [3.8, 4) is 0 Å². The molecule has 1 unspecified atom stereocenters. The number of hydrogen-bond acceptors (Lipinski definition) is 6. The van der Waals surface area contributed by atoms with E-state index in [9.17, 15) is 19.7 Å². The number of hydrogen-bond donors (Lipinski definition) is 0. The molecule has 3 aliphatic rings. The number of nitro groups is 1. The molecule has 0 aliphatic carbocycles. The van der Waals surface area contributed by atoms with Gasteiger partial charge in [-0.15, -0.1) is 0 Å². The fourth-order valence-electron chi connectivity index (χ4n) is 4.78. The Morgan fingerprint density at radius 3 is 2.48 bits per heavy atom. The van der Waals surface area contributed by atoms with E-state index in [1.807, 2.05) is 0 Å². The van der Waals surface area contributed by atoms with Gasteiger partial charge in [0.25, 0.3) is 5.69 Å². The fraction of sp³-hybridized carbons (Fsp3) is 0.500. The highest BCUT2D eigenvalue weighted by molar-refractivity contribution is 7.80. The second-order valence-corrected chi connectivity index (χ2v) is 7.80. The molecule has 27 heavy (non-hydrogen) atoms. The number of carbonyl (C=O) groups excluding carboxylic acids is 2. The maximum atomic E-state index is 13.4. The first-order chi connectivity index (χ1) is 12.8. The number of thiocarbonyl (C=S) groups is 1. The molecular weight excluding hydrogens is 368 g/mol. The molecule has 3 aliphatic heterocycles. The predicted octanol–water partition coefficient (Wildman–Crippen LogP) is 1.71. The maximum absolute atomic E-state index is 13.4. The number of anilines is 1. The summed E-state index contributed by atoms with van der Waals surface area (Å²) in [6.45, 7) is 0.718. The van der Waals surface area contributed by atoms with Gasteiger partial charge in [0, 0.05) is 44.9 Å². The number of carbonyl (C=O) groups is 2. The average molecular weight is 388 g/mol. The van der Waals surface area contributed by atoms with Gasteiger partial charge in [-0.2, -0.15) is 0 Å². The fourth-order valence-corrected chi connectivity index (χ4v) is 4.95. The predicted molar refractivity (Wildman–Crippen MR) is 102 cm³/mol. The van der Waals surface area contributed by atoms with Gasteiger partial charge in [-0.25, -0.2) is 0 Å². The van der Waals surface area contributed by atoms with Crippen LogP contribution in [-0.4, -0.2) is 58.3 Å². The van der Waals surface area contributed by atoms with Crippen LogP contribution in [0.1, 0.15) is 24.8 Å². The van der Waals surface area contributed by atoms with Gasteiger partial charge in [-0.3, -0.25) is 29.5 Å². The number of nitro benzene ring substituents is 1. The Labute approximate surface area is 161 Å². The minimum absolute atomic E-state index is 0.0349. The van der Waals surface area contributed by atoms with E-state index >= 15 is 0 Å². The van der Waals surface area contributed by atoms with Gasteiger partial charge in [0.1, 0.15) is 0 Å². The molecule has 0 bridgehead atoms. The van der Waals surface area contributed by atoms with E-state index < -0.39 is 10.3 Å². The Morgan fingerprint density at radius 1 is 1.19 bits per heavy atom. The smallest absolute Gasteiger partial charge is 0.269 e. The van der Waals surface area contributed by atoms with Gasteiger partial charge >= 0.3 is 0 Å². The Hall–Kier alpha value is -2.55. The van der Waals surface area contributed by atoms with Crippen LogP contribution in [0.5, 0.6) is 0 Å². The second kappa shape index (κ2) is 5.98. The number of fused-ring (bicyclic) bond motifs is 4. The molecule has 0 aromatic heterocycles. The topological polar surface area (TPSA) is 87.0 Å². The third-order valence-corrected chi connectivity index (χ3v) is 6.62. The molecule has 2 saturated heterocycles. The molecular formula is C18H20N4O4S. The third kappa shape index (κ3) is 2.30. The Kier molecular flexibility index (Phi) is 3.95. The molecule has 9 heteroatoms. The lowest BCUT2D eigenvalue weighted by Gasteiger charge is -2.55. The third-order valence-electron chi connectivity index (χ3n) is 6.07. The van der Waals surface area contributed by atoms with Gasteiger partial charge in [-0.05, 0) is 43.1 Å². The van der Waals surface area contributed by atoms with Crippen LogP contribution in [-0.2, 0) is 16.0 Å². The summed E-state index contributed by atoms with van der Waals surface area (Å²) in [5.74, 6) is -0.630. The lowest BCUT2D eigenvalue weighted by atomic mass is 9.66. The zero-order valence-corrected chi connectivity index (χ0v) is 16.0. The largest absolute Gasteiger partial charge is 0.367 e. The highest BCUT2D eigenvalue weighted by Gasteiger charge is 2.62. The van der Waals surface area contributed by atoms with Crippen molar-refractivity contribution in [1.29, 1.82) is 0 Å². The monoisotopic (exact) mass is 388 g/mol. The van der Waals surface area contributed by atoms with Crippen molar-refractivity contribution in [3.63, 3.8) is 0 Å². The van der Waals surface area contributed by atoms with Crippen LogP contribution in [0.3, 0.4) is 0 Å². The molecule has 1 aromatic carbocycles. The molecule has 0 saturated carbocycles. The number of piperidine rings is 1. The molecule has 1 spiro atoms. The summed E-state index contributed by atoms with van der Waals surface area (Å²) in [6.07, 6.45) is 2.77. The lowest BCUT2D eigenvalue weighted by molar-refractivity contribution is -0.384. The lowest BCUT2D eigenvalue weighted by Crippen LogP contribution is -2.72. The van der Waals surface area contributed by atoms with E-state index in [1.54, 1.807) is 20.2 Å². The van der Waals surface area contributed by atoms with E-state index in [-0.39, 0.29) is 35.1 Å². The van der Waals surface area contributed by atoms with Gasteiger partial charge in [-0.1, -0.05) is 0 Å². The molecule has 4 rings (SSSR count). The van der Waals surface area contributed by atoms with Crippen LogP contribution in [0.15, 0.2) is 18.2 Å². The summed E-state index contributed by atoms with van der Waals surface area (Å²) in [6, 6.07) is 4.46. The summed E-state index contributed by atoms with van der Waals surface area (Å²) in [4.78, 5) is 42.4. The number of rotatable bonds is 1. The van der Waals surface area contributed by atoms with Crippen LogP contribution < -0.4 is 4.90 Å². The van der Waals surface area contributed by atoms with E-state index in [0.717, 1.165) is 31.5 Å². The van der Waals surface area contributed by atoms with Crippen LogP contribution >= 0.6 is 12.2 Å². The minimum atomic E-state index is -1.30. The maximum Gasteiger partial charge on any atom is 0.269 e. The summed E-state index contributed by atoms with van der Waals surface area (Å²) >= 11 is 5.24. The van der Waals surface area contributed by atoms with Crippen LogP contribution in [0.25, 0.3) is 0 Å². The van der Waals surface area contributed by atoms with E-state index in [1.165, 1.54) is 21.9 Å². The molecule has 2 amide bonds. The minimum Gasteiger partial charge on any atom is -0.367 e. The first-order valence-corrected chi connectivity index (χ1v) is 9.34. The summed E-state index contributed by atoms with van der Waals surface area (Å²) in [5.41, 5.74) is 0.218. The van der Waals surface area contributed by atoms with Crippen LogP contribution in [0.4, 0.5) is 11.4 Å². The number of amides is 2. The molecule has 3 heterocycles. The van der Waals surface area contributed by atoms with Gasteiger partial charge in [0.2, 0.25) is 11.8 Å². The molecule has 1 atom stereocenters. The van der Waals surface area contributed by atoms with Gasteiger partial charge < -0.3 is 4.90 Å². The highest BCUT2D eigenvalue weighted by atomic mass is 32.1. The highest BCUT2D eigenvalue weighted by Crippen LogP contribution is 2.49. The van der Waals surface area contributed by atoms with Crippen molar-refractivity contribution in [2.24, 2.45) is 5.41 Å². The van der Waals surface area contributed by atoms with Gasteiger partial charge in [0.05, 0.1) is 11.0 Å². The van der Waals surface area contributed by atoms with Crippen molar-refractivity contribution in [2.75, 3.05) is 25.5 Å². The SMILES string of the molecule is CN1C(=O)C2(Cc3cc([N+](=O)[O-])ccc3N3CCCCC32)C(=O)N(C)C1=S. The molecule has 1 aromatic rings. The average Bonchev–Trinajstić information content (AvgIpc) is 2.68. The first kappa shape index (κ1) is 17.8. The molecule has 8 nitrogen and oxygen atoms in total. The van der Waals surface area contributed by atoms with Gasteiger partial charge in [0.15, 0.2) is 10.5 Å². The van der Waals surface area contributed by atoms with E-state index in [2.05, 4.69) is 4.90 Å². The van der Waals surface area contributed by atoms with E-state index in [0.29, 0.717) is 5.56 Å². The van der Waals surface area contributed by atoms with Crippen molar-refractivity contribution in [2.45, 2.75) is 31.7 Å². The van der Waals surface area contributed by atoms with Crippen LogP contribution in [0.2, 0.25) is 0 Å². The van der Waals surface area contributed by atoms with Crippen LogP contribution in [0, 0.1) is 15.5 Å². The summed E-state index contributed by atoms with van der Waals surface area (Å²) in [7, 11) is 3.18. The Morgan fingerprint density at radius 2 is 1.85 bits per heavy atom. The molecule has 142 valence electrons. The summed E-state index contributed by atoms with van der Waals surface area (Å²) < 4.78 is 0. The quantitative estimate of drug-likeness (QED) is 0.315. The second-order valence-electron chi connectivity index (χ2n) is 7.43. The molecule has 0 N–H and O–H groups in total. The van der Waals surface area contributed by atoms with E-state index in [4.69, 9.17) is 12.2 Å². The molecule has 0 radical (unpaired) electrons. The zero-order chi connectivity index (χ0) is 19.5. The van der Waals surface area contributed by atoms with Crippen molar-refractivity contribution >= 4 is 40.5 Å². The van der Waals surface area contributed by atoms with Crippen molar-refractivity contribution in [3.05, 3.63) is 33.9 Å². The number of non-ortho nitro benzene ring substituents is 1. The molecule has 2 fully saturated rings. The normalized spacial score (nSPS) is 24.1. The van der Waals surface area contributed by atoms with Crippen molar-refractivity contribution < 1.29 is 14.5 Å². The number of nitrogens with zero attached hydrogens (tertiary/aromatic N) is 4. The zero-order valence-electron chi connectivity index (χ0n) is 15.2. The standard InChI is InChI=1S/C18H20N4O4S/c1-19-15(23)18(16(24)20(2)17(19)27)10-11-9-12(22(25)26)6-7-13(11)21-8-4-3-5-14(18)21/h6-7,9,14H,3-5,8,10H2,1-2H3. The Bertz CT molecular complexity index is 862. The number of benzene rings is 1. The summed E-state index contributed by atoms with van der Waals surface area (Å²) in [5, 5.41) is 11.4.